The average Bonchev–Trinajstić information content (AvgIpc) is 2.48. The average molecular weight is 341 g/mol. The first-order valence-corrected chi connectivity index (χ1v) is 7.57. The summed E-state index contributed by atoms with van der Waals surface area (Å²) in [5.41, 5.74) is 0.351. The molecule has 0 aliphatic heterocycles. The summed E-state index contributed by atoms with van der Waals surface area (Å²) in [7, 11) is 0. The van der Waals surface area contributed by atoms with Crippen molar-refractivity contribution in [1.82, 2.24) is 4.90 Å². The fourth-order valence-electron chi connectivity index (χ4n) is 1.67. The quantitative estimate of drug-likeness (QED) is 0.630. The Bertz CT molecular complexity index is 578. The highest BCUT2D eigenvalue weighted by Crippen LogP contribution is 2.29. The molecule has 0 heterocycles. The van der Waals surface area contributed by atoms with E-state index >= 15 is 0 Å². The maximum absolute atomic E-state index is 12.1. The molecule has 4 nitrogen and oxygen atoms in total. The highest BCUT2D eigenvalue weighted by molar-refractivity contribution is 6.39. The number of carbonyl (C=O) groups excluding carboxylic acids is 2. The van der Waals surface area contributed by atoms with Crippen molar-refractivity contribution in [2.45, 2.75) is 13.8 Å². The van der Waals surface area contributed by atoms with E-state index in [4.69, 9.17) is 23.2 Å². The highest BCUT2D eigenvalue weighted by atomic mass is 35.5. The molecular formula is C16H18Cl2N2O2. The van der Waals surface area contributed by atoms with E-state index in [1.165, 1.54) is 11.0 Å². The summed E-state index contributed by atoms with van der Waals surface area (Å²) in [6, 6.07) is 4.95. The lowest BCUT2D eigenvalue weighted by Crippen LogP contribution is -2.37. The van der Waals surface area contributed by atoms with Crippen LogP contribution in [-0.4, -0.2) is 29.8 Å². The van der Waals surface area contributed by atoms with Gasteiger partial charge in [-0.2, -0.15) is 0 Å². The van der Waals surface area contributed by atoms with Crippen molar-refractivity contribution in [3.63, 3.8) is 0 Å². The molecule has 0 fully saturated rings. The molecule has 118 valence electrons. The lowest BCUT2D eigenvalue weighted by molar-refractivity contribution is -0.130. The molecule has 0 aromatic heterocycles. The fraction of sp³-hybridized carbons (Fsp3) is 0.250. The van der Waals surface area contributed by atoms with Gasteiger partial charge in [0, 0.05) is 12.6 Å². The smallest absolute Gasteiger partial charge is 0.247 e. The first kappa shape index (κ1) is 18.3. The number of benzene rings is 1. The first-order chi connectivity index (χ1) is 10.5. The number of allylic oxidation sites excluding steroid dienone is 3. The van der Waals surface area contributed by atoms with Crippen LogP contribution in [0.15, 0.2) is 42.5 Å². The van der Waals surface area contributed by atoms with Gasteiger partial charge in [-0.05, 0) is 26.0 Å². The monoisotopic (exact) mass is 340 g/mol. The lowest BCUT2D eigenvalue weighted by Gasteiger charge is -2.19. The van der Waals surface area contributed by atoms with Crippen LogP contribution in [0.4, 0.5) is 5.69 Å². The van der Waals surface area contributed by atoms with Gasteiger partial charge in [-0.1, -0.05) is 47.5 Å². The van der Waals surface area contributed by atoms with Crippen molar-refractivity contribution >= 4 is 40.7 Å². The van der Waals surface area contributed by atoms with Crippen LogP contribution >= 0.6 is 23.2 Å². The molecule has 6 heteroatoms. The number of rotatable bonds is 6. The first-order valence-electron chi connectivity index (χ1n) is 6.81. The summed E-state index contributed by atoms with van der Waals surface area (Å²) in [5, 5.41) is 3.33. The number of nitrogens with zero attached hydrogens (tertiary/aromatic N) is 1. The SMILES string of the molecule is C/C=C/C=C/C(=O)N(CC)CC(=O)Nc1c(Cl)cccc1Cl. The number of carbonyl (C=O) groups is 2. The second kappa shape index (κ2) is 9.28. The van der Waals surface area contributed by atoms with E-state index in [0.29, 0.717) is 22.3 Å². The molecule has 0 bridgehead atoms. The van der Waals surface area contributed by atoms with Crippen LogP contribution in [0, 0.1) is 0 Å². The van der Waals surface area contributed by atoms with Gasteiger partial charge in [0.2, 0.25) is 11.8 Å². The largest absolute Gasteiger partial charge is 0.330 e. The summed E-state index contributed by atoms with van der Waals surface area (Å²) in [6.07, 6.45) is 6.61. The number of nitrogens with one attached hydrogen (secondary N) is 1. The van der Waals surface area contributed by atoms with Gasteiger partial charge in [0.25, 0.3) is 0 Å². The van der Waals surface area contributed by atoms with Crippen molar-refractivity contribution in [3.8, 4) is 0 Å². The van der Waals surface area contributed by atoms with Gasteiger partial charge in [0.1, 0.15) is 6.54 Å². The zero-order valence-electron chi connectivity index (χ0n) is 12.5. The van der Waals surface area contributed by atoms with Crippen LogP contribution in [0.25, 0.3) is 0 Å². The molecule has 0 radical (unpaired) electrons. The molecule has 0 aliphatic rings. The van der Waals surface area contributed by atoms with Gasteiger partial charge in [-0.15, -0.1) is 0 Å². The third-order valence-electron chi connectivity index (χ3n) is 2.80. The highest BCUT2D eigenvalue weighted by Gasteiger charge is 2.15. The molecule has 1 N–H and O–H groups in total. The Morgan fingerprint density at radius 2 is 1.86 bits per heavy atom. The van der Waals surface area contributed by atoms with Crippen LogP contribution in [-0.2, 0) is 9.59 Å². The summed E-state index contributed by atoms with van der Waals surface area (Å²) in [4.78, 5) is 25.4. The van der Waals surface area contributed by atoms with E-state index in [1.807, 2.05) is 13.0 Å². The number of anilines is 1. The molecule has 0 aliphatic carbocycles. The molecule has 0 atom stereocenters. The Hall–Kier alpha value is -1.78. The van der Waals surface area contributed by atoms with Gasteiger partial charge in [-0.25, -0.2) is 0 Å². The topological polar surface area (TPSA) is 49.4 Å². The van der Waals surface area contributed by atoms with Gasteiger partial charge in [-0.3, -0.25) is 9.59 Å². The Labute approximate surface area is 140 Å². The van der Waals surface area contributed by atoms with Crippen LogP contribution in [0.2, 0.25) is 10.0 Å². The van der Waals surface area contributed by atoms with Crippen LogP contribution in [0.5, 0.6) is 0 Å². The summed E-state index contributed by atoms with van der Waals surface area (Å²) in [6.45, 7) is 4.00. The lowest BCUT2D eigenvalue weighted by atomic mass is 10.3. The minimum atomic E-state index is -0.357. The Balaban J connectivity index is 2.71. The number of likely N-dealkylation sites (N-methyl/N-ethyl adjacent to an activating group) is 1. The summed E-state index contributed by atoms with van der Waals surface area (Å²) in [5.74, 6) is -0.592. The van der Waals surface area contributed by atoms with Crippen molar-refractivity contribution in [2.24, 2.45) is 0 Å². The van der Waals surface area contributed by atoms with Crippen LogP contribution in [0.3, 0.4) is 0 Å². The minimum absolute atomic E-state index is 0.0724. The molecule has 0 spiro atoms. The second-order valence-corrected chi connectivity index (χ2v) is 5.20. The molecular weight excluding hydrogens is 323 g/mol. The normalized spacial score (nSPS) is 11.1. The second-order valence-electron chi connectivity index (χ2n) is 4.38. The van der Waals surface area contributed by atoms with Crippen LogP contribution < -0.4 is 5.32 Å². The summed E-state index contributed by atoms with van der Waals surface area (Å²) >= 11 is 12.0. The predicted molar refractivity (Wildman–Crippen MR) is 91.3 cm³/mol. The van der Waals surface area contributed by atoms with E-state index < -0.39 is 0 Å². The predicted octanol–water partition coefficient (Wildman–Crippen LogP) is 3.91. The van der Waals surface area contributed by atoms with Gasteiger partial charge < -0.3 is 10.2 Å². The van der Waals surface area contributed by atoms with E-state index in [9.17, 15) is 9.59 Å². The van der Waals surface area contributed by atoms with E-state index in [1.54, 1.807) is 37.3 Å². The van der Waals surface area contributed by atoms with Crippen molar-refractivity contribution in [3.05, 3.63) is 52.5 Å². The molecule has 0 unspecified atom stereocenters. The minimum Gasteiger partial charge on any atom is -0.330 e. The van der Waals surface area contributed by atoms with Crippen molar-refractivity contribution < 1.29 is 9.59 Å². The van der Waals surface area contributed by atoms with E-state index in [2.05, 4.69) is 5.32 Å². The number of amides is 2. The van der Waals surface area contributed by atoms with E-state index in [0.717, 1.165) is 0 Å². The maximum atomic E-state index is 12.1. The zero-order chi connectivity index (χ0) is 16.5. The van der Waals surface area contributed by atoms with Crippen molar-refractivity contribution in [1.29, 1.82) is 0 Å². The molecule has 1 aromatic rings. The molecule has 2 amide bonds. The number of para-hydroxylation sites is 1. The molecule has 0 saturated carbocycles. The van der Waals surface area contributed by atoms with Gasteiger partial charge in [0.05, 0.1) is 15.7 Å². The molecule has 1 rings (SSSR count). The molecule has 0 saturated heterocycles. The zero-order valence-corrected chi connectivity index (χ0v) is 14.0. The third-order valence-corrected chi connectivity index (χ3v) is 3.43. The van der Waals surface area contributed by atoms with Gasteiger partial charge >= 0.3 is 0 Å². The maximum Gasteiger partial charge on any atom is 0.247 e. The third kappa shape index (κ3) is 5.54. The van der Waals surface area contributed by atoms with Crippen molar-refractivity contribution in [2.75, 3.05) is 18.4 Å². The number of hydrogen-bond donors (Lipinski definition) is 1. The molecule has 22 heavy (non-hydrogen) atoms. The van der Waals surface area contributed by atoms with E-state index in [-0.39, 0.29) is 18.4 Å². The van der Waals surface area contributed by atoms with Gasteiger partial charge in [0.15, 0.2) is 0 Å². The molecule has 1 aromatic carbocycles. The fourth-order valence-corrected chi connectivity index (χ4v) is 2.16. The Morgan fingerprint density at radius 3 is 2.41 bits per heavy atom. The summed E-state index contributed by atoms with van der Waals surface area (Å²) < 4.78 is 0. The Morgan fingerprint density at radius 1 is 1.23 bits per heavy atom. The van der Waals surface area contributed by atoms with Crippen LogP contribution in [0.1, 0.15) is 13.8 Å². The number of hydrogen-bond acceptors (Lipinski definition) is 2. The standard InChI is InChI=1S/C16H18Cl2N2O2/c1-3-5-6-10-15(22)20(4-2)11-14(21)19-16-12(17)8-7-9-13(16)18/h3,5-10H,4,11H2,1-2H3,(H,19,21)/b5-3+,10-6+. The number of halogens is 2. The Kier molecular flexibility index (Phi) is 7.71.